The molecule has 1 unspecified atom stereocenters. The Morgan fingerprint density at radius 3 is 2.82 bits per heavy atom. The van der Waals surface area contributed by atoms with Crippen molar-refractivity contribution in [2.45, 2.75) is 20.0 Å². The van der Waals surface area contributed by atoms with E-state index >= 15 is 0 Å². The van der Waals surface area contributed by atoms with Crippen molar-refractivity contribution in [3.8, 4) is 5.88 Å². The molecule has 0 saturated heterocycles. The Balaban J connectivity index is 2.67. The number of nitrogen functional groups attached to an aromatic ring is 1. The topological polar surface area (TPSA) is 101 Å². The number of nitrogens with two attached hydrogens (primary N) is 1. The largest absolute Gasteiger partial charge is 0.472 e. The molecule has 1 atom stereocenters. The van der Waals surface area contributed by atoms with Crippen LogP contribution >= 0.6 is 0 Å². The van der Waals surface area contributed by atoms with Crippen LogP contribution in [-0.2, 0) is 4.74 Å². The summed E-state index contributed by atoms with van der Waals surface area (Å²) in [5.41, 5.74) is 5.21. The highest BCUT2D eigenvalue weighted by molar-refractivity contribution is 5.53. The first-order chi connectivity index (χ1) is 8.04. The lowest BCUT2D eigenvalue weighted by atomic mass is 10.4. The van der Waals surface area contributed by atoms with E-state index in [1.54, 1.807) is 0 Å². The second-order valence-corrected chi connectivity index (χ2v) is 3.40. The monoisotopic (exact) mass is 241 g/mol. The summed E-state index contributed by atoms with van der Waals surface area (Å²) in [6.45, 7) is 4.72. The maximum absolute atomic E-state index is 10.5. The van der Waals surface area contributed by atoms with Gasteiger partial charge in [-0.3, -0.25) is 10.1 Å². The van der Waals surface area contributed by atoms with Crippen LogP contribution in [0.1, 0.15) is 13.8 Å². The standard InChI is InChI=1S/C10H15N3O4/c1-3-16-6-7(2)17-9-5-4-8(13(14)15)10(11)12-9/h4-5,7H,3,6H2,1-2H3,(H2,11,12). The SMILES string of the molecule is CCOCC(C)Oc1ccc([N+](=O)[O-])c(N)n1. The Hall–Kier alpha value is -1.89. The summed E-state index contributed by atoms with van der Waals surface area (Å²) >= 11 is 0. The van der Waals surface area contributed by atoms with Crippen LogP contribution in [0.3, 0.4) is 0 Å². The number of rotatable bonds is 6. The van der Waals surface area contributed by atoms with E-state index in [0.717, 1.165) is 0 Å². The summed E-state index contributed by atoms with van der Waals surface area (Å²) in [4.78, 5) is 13.7. The van der Waals surface area contributed by atoms with Crippen LogP contribution in [0.15, 0.2) is 12.1 Å². The fourth-order valence-electron chi connectivity index (χ4n) is 1.19. The molecule has 94 valence electrons. The van der Waals surface area contributed by atoms with Crippen LogP contribution in [0.2, 0.25) is 0 Å². The van der Waals surface area contributed by atoms with Gasteiger partial charge in [0.05, 0.1) is 11.5 Å². The maximum atomic E-state index is 10.5. The first-order valence-corrected chi connectivity index (χ1v) is 5.20. The van der Waals surface area contributed by atoms with Gasteiger partial charge in [0.2, 0.25) is 11.7 Å². The third kappa shape index (κ3) is 3.87. The minimum atomic E-state index is -0.588. The summed E-state index contributed by atoms with van der Waals surface area (Å²) in [5.74, 6) is 0.0939. The lowest BCUT2D eigenvalue weighted by Gasteiger charge is -2.13. The van der Waals surface area contributed by atoms with Crippen molar-refractivity contribution in [1.82, 2.24) is 4.98 Å². The van der Waals surface area contributed by atoms with Gasteiger partial charge in [0.15, 0.2) is 0 Å². The minimum Gasteiger partial charge on any atom is -0.472 e. The third-order valence-corrected chi connectivity index (χ3v) is 1.95. The van der Waals surface area contributed by atoms with Crippen molar-refractivity contribution in [3.63, 3.8) is 0 Å². The summed E-state index contributed by atoms with van der Waals surface area (Å²) in [7, 11) is 0. The van der Waals surface area contributed by atoms with Gasteiger partial charge in [0.25, 0.3) is 0 Å². The Labute approximate surface area is 98.7 Å². The molecule has 0 amide bonds. The fraction of sp³-hybridized carbons (Fsp3) is 0.500. The molecule has 0 saturated carbocycles. The van der Waals surface area contributed by atoms with Crippen LogP contribution in [0.5, 0.6) is 5.88 Å². The first-order valence-electron chi connectivity index (χ1n) is 5.20. The quantitative estimate of drug-likeness (QED) is 0.596. The molecular weight excluding hydrogens is 226 g/mol. The molecule has 1 aromatic rings. The molecular formula is C10H15N3O4. The molecule has 0 fully saturated rings. The number of nitrogens with zero attached hydrogens (tertiary/aromatic N) is 2. The maximum Gasteiger partial charge on any atom is 0.311 e. The molecule has 0 aliphatic carbocycles. The average Bonchev–Trinajstić information content (AvgIpc) is 2.26. The van der Waals surface area contributed by atoms with Crippen molar-refractivity contribution in [1.29, 1.82) is 0 Å². The number of hydrogen-bond acceptors (Lipinski definition) is 6. The molecule has 2 N–H and O–H groups in total. The van der Waals surface area contributed by atoms with Gasteiger partial charge in [0, 0.05) is 18.7 Å². The van der Waals surface area contributed by atoms with Crippen LogP contribution in [0.25, 0.3) is 0 Å². The zero-order valence-electron chi connectivity index (χ0n) is 9.75. The van der Waals surface area contributed by atoms with Crippen molar-refractivity contribution >= 4 is 11.5 Å². The Morgan fingerprint density at radius 2 is 2.29 bits per heavy atom. The van der Waals surface area contributed by atoms with Gasteiger partial charge in [-0.1, -0.05) is 0 Å². The molecule has 7 nitrogen and oxygen atoms in total. The number of nitro groups is 1. The van der Waals surface area contributed by atoms with Crippen molar-refractivity contribution in [2.24, 2.45) is 0 Å². The Kier molecular flexibility index (Phi) is 4.65. The van der Waals surface area contributed by atoms with E-state index in [1.165, 1.54) is 12.1 Å². The zero-order chi connectivity index (χ0) is 12.8. The van der Waals surface area contributed by atoms with Gasteiger partial charge < -0.3 is 15.2 Å². The molecule has 1 aromatic heterocycles. The normalized spacial score (nSPS) is 12.1. The van der Waals surface area contributed by atoms with Crippen molar-refractivity contribution in [3.05, 3.63) is 22.2 Å². The Morgan fingerprint density at radius 1 is 1.59 bits per heavy atom. The smallest absolute Gasteiger partial charge is 0.311 e. The summed E-state index contributed by atoms with van der Waals surface area (Å²) in [6, 6.07) is 2.68. The molecule has 1 heterocycles. The number of hydrogen-bond donors (Lipinski definition) is 1. The van der Waals surface area contributed by atoms with Crippen LogP contribution < -0.4 is 10.5 Å². The molecule has 0 bridgehead atoms. The molecule has 1 rings (SSSR count). The number of pyridine rings is 1. The molecule has 0 aliphatic heterocycles. The van der Waals surface area contributed by atoms with Gasteiger partial charge in [-0.2, -0.15) is 4.98 Å². The van der Waals surface area contributed by atoms with E-state index in [-0.39, 0.29) is 23.5 Å². The summed E-state index contributed by atoms with van der Waals surface area (Å²) < 4.78 is 10.6. The number of anilines is 1. The van der Waals surface area contributed by atoms with E-state index in [0.29, 0.717) is 13.2 Å². The van der Waals surface area contributed by atoms with Gasteiger partial charge in [-0.25, -0.2) is 0 Å². The van der Waals surface area contributed by atoms with E-state index in [9.17, 15) is 10.1 Å². The average molecular weight is 241 g/mol. The third-order valence-electron chi connectivity index (χ3n) is 1.95. The highest BCUT2D eigenvalue weighted by atomic mass is 16.6. The first kappa shape index (κ1) is 13.2. The lowest BCUT2D eigenvalue weighted by molar-refractivity contribution is -0.384. The van der Waals surface area contributed by atoms with E-state index in [2.05, 4.69) is 4.98 Å². The second kappa shape index (κ2) is 6.00. The van der Waals surface area contributed by atoms with Gasteiger partial charge in [0.1, 0.15) is 6.10 Å². The van der Waals surface area contributed by atoms with Crippen LogP contribution in [0, 0.1) is 10.1 Å². The lowest BCUT2D eigenvalue weighted by Crippen LogP contribution is -2.19. The molecule has 0 spiro atoms. The van der Waals surface area contributed by atoms with Gasteiger partial charge >= 0.3 is 5.69 Å². The van der Waals surface area contributed by atoms with E-state index in [1.807, 2.05) is 13.8 Å². The minimum absolute atomic E-state index is 0.156. The predicted molar refractivity (Wildman–Crippen MR) is 61.9 cm³/mol. The highest BCUT2D eigenvalue weighted by Crippen LogP contribution is 2.22. The van der Waals surface area contributed by atoms with Crippen LogP contribution in [0.4, 0.5) is 11.5 Å². The van der Waals surface area contributed by atoms with Crippen molar-refractivity contribution < 1.29 is 14.4 Å². The molecule has 0 radical (unpaired) electrons. The fourth-order valence-corrected chi connectivity index (χ4v) is 1.19. The predicted octanol–water partition coefficient (Wildman–Crippen LogP) is 1.38. The van der Waals surface area contributed by atoms with Gasteiger partial charge in [-0.15, -0.1) is 0 Å². The molecule has 7 heteroatoms. The summed E-state index contributed by atoms with van der Waals surface area (Å²) in [6.07, 6.45) is -0.191. The Bertz CT molecular complexity index is 397. The second-order valence-electron chi connectivity index (χ2n) is 3.40. The van der Waals surface area contributed by atoms with Gasteiger partial charge in [-0.05, 0) is 13.8 Å². The highest BCUT2D eigenvalue weighted by Gasteiger charge is 2.14. The summed E-state index contributed by atoms with van der Waals surface area (Å²) in [5, 5.41) is 10.5. The van der Waals surface area contributed by atoms with E-state index in [4.69, 9.17) is 15.2 Å². The molecule has 0 aromatic carbocycles. The number of aromatic nitrogens is 1. The van der Waals surface area contributed by atoms with E-state index < -0.39 is 4.92 Å². The van der Waals surface area contributed by atoms with Crippen LogP contribution in [-0.4, -0.2) is 29.2 Å². The van der Waals surface area contributed by atoms with Crippen molar-refractivity contribution in [2.75, 3.05) is 18.9 Å². The molecule has 17 heavy (non-hydrogen) atoms. The zero-order valence-corrected chi connectivity index (χ0v) is 9.75. The molecule has 0 aliphatic rings. The number of ether oxygens (including phenoxy) is 2.